The number of ether oxygens (including phenoxy) is 1. The van der Waals surface area contributed by atoms with Crippen LogP contribution >= 0.6 is 22.9 Å². The predicted molar refractivity (Wildman–Crippen MR) is 108 cm³/mol. The van der Waals surface area contributed by atoms with Crippen LogP contribution in [-0.2, 0) is 4.74 Å². The number of nitrogens with one attached hydrogen (secondary N) is 2. The first-order chi connectivity index (χ1) is 13.1. The van der Waals surface area contributed by atoms with Gasteiger partial charge in [0.1, 0.15) is 10.7 Å². The van der Waals surface area contributed by atoms with Crippen molar-refractivity contribution in [2.45, 2.75) is 6.92 Å². The van der Waals surface area contributed by atoms with Crippen molar-refractivity contribution >= 4 is 45.1 Å². The maximum absolute atomic E-state index is 12.6. The van der Waals surface area contributed by atoms with Gasteiger partial charge in [-0.1, -0.05) is 65.4 Å². The van der Waals surface area contributed by atoms with Crippen LogP contribution in [0.1, 0.15) is 17.3 Å². The number of rotatable bonds is 5. The van der Waals surface area contributed by atoms with Gasteiger partial charge in [-0.15, -0.1) is 0 Å². The van der Waals surface area contributed by atoms with Gasteiger partial charge in [0.15, 0.2) is 5.13 Å². The first-order valence-corrected chi connectivity index (χ1v) is 9.34. The third kappa shape index (κ3) is 4.64. The fourth-order valence-corrected chi connectivity index (χ4v) is 3.41. The number of benzene rings is 2. The Morgan fingerprint density at radius 2 is 1.78 bits per heavy atom. The van der Waals surface area contributed by atoms with Gasteiger partial charge in [-0.2, -0.15) is 0 Å². The van der Waals surface area contributed by atoms with E-state index in [1.54, 1.807) is 31.2 Å². The maximum Gasteiger partial charge on any atom is 0.413 e. The van der Waals surface area contributed by atoms with Crippen molar-refractivity contribution in [3.8, 4) is 11.3 Å². The van der Waals surface area contributed by atoms with E-state index in [9.17, 15) is 9.59 Å². The molecule has 0 fully saturated rings. The Bertz CT molecular complexity index is 960. The zero-order valence-corrected chi connectivity index (χ0v) is 15.9. The minimum Gasteiger partial charge on any atom is -0.450 e. The minimum absolute atomic E-state index is 0.249. The fraction of sp³-hybridized carbons (Fsp3) is 0.105. The first kappa shape index (κ1) is 18.9. The molecule has 0 radical (unpaired) electrons. The SMILES string of the molecule is CCOC(=O)Nc1nc(-c2ccccc2)c(NC(=O)c2ccccc2Cl)s1. The van der Waals surface area contributed by atoms with E-state index in [4.69, 9.17) is 16.3 Å². The average Bonchev–Trinajstić information content (AvgIpc) is 3.05. The third-order valence-corrected chi connectivity index (χ3v) is 4.72. The molecule has 0 saturated carbocycles. The highest BCUT2D eigenvalue weighted by Crippen LogP contribution is 2.36. The van der Waals surface area contributed by atoms with Gasteiger partial charge in [0, 0.05) is 5.56 Å². The minimum atomic E-state index is -0.602. The molecule has 2 N–H and O–H groups in total. The van der Waals surface area contributed by atoms with E-state index < -0.39 is 6.09 Å². The molecule has 0 aliphatic heterocycles. The van der Waals surface area contributed by atoms with Gasteiger partial charge in [0.25, 0.3) is 5.91 Å². The van der Waals surface area contributed by atoms with Crippen LogP contribution in [0.4, 0.5) is 14.9 Å². The van der Waals surface area contributed by atoms with Gasteiger partial charge in [-0.25, -0.2) is 9.78 Å². The lowest BCUT2D eigenvalue weighted by Gasteiger charge is -2.06. The lowest BCUT2D eigenvalue weighted by molar-refractivity contribution is 0.102. The second kappa shape index (κ2) is 8.66. The van der Waals surface area contributed by atoms with E-state index in [-0.39, 0.29) is 12.5 Å². The second-order valence-corrected chi connectivity index (χ2v) is 6.75. The van der Waals surface area contributed by atoms with E-state index >= 15 is 0 Å². The van der Waals surface area contributed by atoms with Crippen LogP contribution in [0.25, 0.3) is 11.3 Å². The van der Waals surface area contributed by atoms with Crippen LogP contribution in [-0.4, -0.2) is 23.6 Å². The summed E-state index contributed by atoms with van der Waals surface area (Å²) in [6.45, 7) is 1.96. The molecule has 0 aliphatic rings. The van der Waals surface area contributed by atoms with E-state index in [2.05, 4.69) is 15.6 Å². The highest BCUT2D eigenvalue weighted by molar-refractivity contribution is 7.20. The van der Waals surface area contributed by atoms with Crippen molar-refractivity contribution < 1.29 is 14.3 Å². The number of carbonyl (C=O) groups is 2. The number of nitrogens with zero attached hydrogens (tertiary/aromatic N) is 1. The van der Waals surface area contributed by atoms with Crippen LogP contribution in [0.2, 0.25) is 5.02 Å². The molecule has 2 aromatic carbocycles. The van der Waals surface area contributed by atoms with Crippen LogP contribution in [0, 0.1) is 0 Å². The molecule has 0 saturated heterocycles. The topological polar surface area (TPSA) is 80.3 Å². The van der Waals surface area contributed by atoms with Gasteiger partial charge in [0.05, 0.1) is 17.2 Å². The third-order valence-electron chi connectivity index (χ3n) is 3.50. The Morgan fingerprint density at radius 3 is 2.48 bits per heavy atom. The quantitative estimate of drug-likeness (QED) is 0.609. The molecule has 8 heteroatoms. The van der Waals surface area contributed by atoms with Crippen molar-refractivity contribution in [2.75, 3.05) is 17.2 Å². The summed E-state index contributed by atoms with van der Waals surface area (Å²) < 4.78 is 4.88. The lowest BCUT2D eigenvalue weighted by atomic mass is 10.1. The highest BCUT2D eigenvalue weighted by Gasteiger charge is 2.19. The molecule has 138 valence electrons. The van der Waals surface area contributed by atoms with Crippen molar-refractivity contribution in [3.05, 3.63) is 65.2 Å². The van der Waals surface area contributed by atoms with Gasteiger partial charge in [0.2, 0.25) is 0 Å². The van der Waals surface area contributed by atoms with Crippen LogP contribution in [0.5, 0.6) is 0 Å². The number of hydrogen-bond acceptors (Lipinski definition) is 5. The summed E-state index contributed by atoms with van der Waals surface area (Å²) in [6.07, 6.45) is -0.602. The number of thiazole rings is 1. The molecule has 0 aliphatic carbocycles. The largest absolute Gasteiger partial charge is 0.450 e. The van der Waals surface area contributed by atoms with Crippen molar-refractivity contribution in [3.63, 3.8) is 0 Å². The van der Waals surface area contributed by atoms with Crippen molar-refractivity contribution in [2.24, 2.45) is 0 Å². The fourth-order valence-electron chi connectivity index (χ4n) is 2.32. The molecule has 0 atom stereocenters. The molecule has 2 amide bonds. The predicted octanol–water partition coefficient (Wildman–Crippen LogP) is 5.28. The molecule has 0 unspecified atom stereocenters. The zero-order chi connectivity index (χ0) is 19.2. The number of hydrogen-bond donors (Lipinski definition) is 2. The molecular formula is C19H16ClN3O3S. The molecule has 0 spiro atoms. The smallest absolute Gasteiger partial charge is 0.413 e. The van der Waals surface area contributed by atoms with Gasteiger partial charge in [-0.05, 0) is 19.1 Å². The molecule has 6 nitrogen and oxygen atoms in total. The van der Waals surface area contributed by atoms with Crippen molar-refractivity contribution in [1.82, 2.24) is 4.98 Å². The molecular weight excluding hydrogens is 386 g/mol. The van der Waals surface area contributed by atoms with E-state index in [0.29, 0.717) is 26.4 Å². The Morgan fingerprint density at radius 1 is 1.07 bits per heavy atom. The monoisotopic (exact) mass is 401 g/mol. The van der Waals surface area contributed by atoms with Crippen LogP contribution in [0.3, 0.4) is 0 Å². The Balaban J connectivity index is 1.92. The Kier molecular flexibility index (Phi) is 6.05. The molecule has 27 heavy (non-hydrogen) atoms. The average molecular weight is 402 g/mol. The second-order valence-electron chi connectivity index (χ2n) is 5.34. The van der Waals surface area contributed by atoms with Crippen LogP contribution < -0.4 is 10.6 Å². The summed E-state index contributed by atoms with van der Waals surface area (Å²) in [5.41, 5.74) is 1.71. The lowest BCUT2D eigenvalue weighted by Crippen LogP contribution is -2.12. The summed E-state index contributed by atoms with van der Waals surface area (Å²) in [6, 6.07) is 16.1. The number of amides is 2. The molecule has 1 aromatic heterocycles. The van der Waals surface area contributed by atoms with Gasteiger partial charge < -0.3 is 10.1 Å². The summed E-state index contributed by atoms with van der Waals surface area (Å²) in [4.78, 5) is 28.7. The Labute approximate surface area is 165 Å². The number of anilines is 2. The first-order valence-electron chi connectivity index (χ1n) is 8.14. The van der Waals surface area contributed by atoms with Crippen LogP contribution in [0.15, 0.2) is 54.6 Å². The molecule has 3 aromatic rings. The maximum atomic E-state index is 12.6. The summed E-state index contributed by atoms with van der Waals surface area (Å²) in [7, 11) is 0. The normalized spacial score (nSPS) is 10.3. The highest BCUT2D eigenvalue weighted by atomic mass is 35.5. The summed E-state index contributed by atoms with van der Waals surface area (Å²) >= 11 is 7.24. The number of aromatic nitrogens is 1. The summed E-state index contributed by atoms with van der Waals surface area (Å²) in [5.74, 6) is -0.357. The van der Waals surface area contributed by atoms with Gasteiger partial charge in [-0.3, -0.25) is 10.1 Å². The van der Waals surface area contributed by atoms with Gasteiger partial charge >= 0.3 is 6.09 Å². The molecule has 0 bridgehead atoms. The van der Waals surface area contributed by atoms with E-state index in [1.807, 2.05) is 30.3 Å². The van der Waals surface area contributed by atoms with E-state index in [1.165, 1.54) is 0 Å². The Hall–Kier alpha value is -2.90. The van der Waals surface area contributed by atoms with Crippen molar-refractivity contribution in [1.29, 1.82) is 0 Å². The zero-order valence-electron chi connectivity index (χ0n) is 14.4. The summed E-state index contributed by atoms with van der Waals surface area (Å²) in [5, 5.41) is 6.57. The number of carbonyl (C=O) groups excluding carboxylic acids is 2. The molecule has 1 heterocycles. The standard InChI is InChI=1S/C19H16ClN3O3S/c1-2-26-19(25)23-18-21-15(12-8-4-3-5-9-12)17(27-18)22-16(24)13-10-6-7-11-14(13)20/h3-11H,2H2,1H3,(H,22,24)(H,21,23,25). The number of halogens is 1. The molecule has 3 rings (SSSR count). The van der Waals surface area contributed by atoms with E-state index in [0.717, 1.165) is 16.9 Å².